The summed E-state index contributed by atoms with van der Waals surface area (Å²) in [4.78, 5) is 13.7. The Kier molecular flexibility index (Phi) is 4.65. The van der Waals surface area contributed by atoms with Crippen LogP contribution in [0.1, 0.15) is 0 Å². The number of rotatable bonds is 4. The highest BCUT2D eigenvalue weighted by Gasteiger charge is 2.44. The van der Waals surface area contributed by atoms with Gasteiger partial charge in [0.2, 0.25) is 12.2 Å². The van der Waals surface area contributed by atoms with Crippen LogP contribution in [-0.4, -0.2) is 67.6 Å². The van der Waals surface area contributed by atoms with Gasteiger partial charge in [-0.2, -0.15) is 0 Å². The van der Waals surface area contributed by atoms with Gasteiger partial charge in [0.1, 0.15) is 24.4 Å². The highest BCUT2D eigenvalue weighted by molar-refractivity contribution is 5.32. The molecule has 0 unspecified atom stereocenters. The van der Waals surface area contributed by atoms with Crippen LogP contribution in [0, 0.1) is 10.1 Å². The van der Waals surface area contributed by atoms with Crippen molar-refractivity contribution in [2.45, 2.75) is 30.7 Å². The average molecular weight is 302 g/mol. The maximum atomic E-state index is 10.6. The van der Waals surface area contributed by atoms with Crippen LogP contribution in [0.3, 0.4) is 0 Å². The summed E-state index contributed by atoms with van der Waals surface area (Å²) in [7, 11) is 0. The van der Waals surface area contributed by atoms with Crippen molar-refractivity contribution >= 4 is 5.69 Å². The van der Waals surface area contributed by atoms with Crippen LogP contribution in [0.5, 0.6) is 5.88 Å². The van der Waals surface area contributed by atoms with E-state index >= 15 is 0 Å². The summed E-state index contributed by atoms with van der Waals surface area (Å²) in [6.45, 7) is -0.604. The maximum Gasteiger partial charge on any atom is 0.276 e. The van der Waals surface area contributed by atoms with Gasteiger partial charge in [0.25, 0.3) is 5.69 Å². The molecule has 10 nitrogen and oxygen atoms in total. The van der Waals surface area contributed by atoms with Crippen LogP contribution in [0.4, 0.5) is 5.69 Å². The van der Waals surface area contributed by atoms with Crippen molar-refractivity contribution in [3.05, 3.63) is 28.4 Å². The largest absolute Gasteiger partial charge is 0.445 e. The Hall–Kier alpha value is -1.85. The van der Waals surface area contributed by atoms with Gasteiger partial charge >= 0.3 is 0 Å². The van der Waals surface area contributed by atoms with Gasteiger partial charge in [0, 0.05) is 12.3 Å². The Morgan fingerprint density at radius 1 is 1.33 bits per heavy atom. The van der Waals surface area contributed by atoms with Gasteiger partial charge in [0.15, 0.2) is 0 Å². The number of nitrogens with zero attached hydrogens (tertiary/aromatic N) is 2. The Labute approximate surface area is 118 Å². The molecular weight excluding hydrogens is 288 g/mol. The number of ether oxygens (including phenoxy) is 2. The third-order valence-electron chi connectivity index (χ3n) is 3.01. The van der Waals surface area contributed by atoms with Gasteiger partial charge in [-0.3, -0.25) is 10.1 Å². The lowest BCUT2D eigenvalue weighted by Crippen LogP contribution is -2.60. The summed E-state index contributed by atoms with van der Waals surface area (Å²) >= 11 is 0. The molecule has 0 radical (unpaired) electrons. The van der Waals surface area contributed by atoms with Crippen LogP contribution in [-0.2, 0) is 4.74 Å². The normalized spacial score (nSPS) is 32.7. The van der Waals surface area contributed by atoms with Crippen molar-refractivity contribution in [3.8, 4) is 5.88 Å². The molecule has 10 heteroatoms. The van der Waals surface area contributed by atoms with E-state index in [0.29, 0.717) is 0 Å². The highest BCUT2D eigenvalue weighted by atomic mass is 16.7. The smallest absolute Gasteiger partial charge is 0.276 e. The van der Waals surface area contributed by atoms with Crippen LogP contribution in [0.25, 0.3) is 0 Å². The van der Waals surface area contributed by atoms with Gasteiger partial charge in [-0.1, -0.05) is 0 Å². The molecule has 1 aromatic rings. The summed E-state index contributed by atoms with van der Waals surface area (Å²) in [5.41, 5.74) is -0.274. The first-order valence-electron chi connectivity index (χ1n) is 6.01. The van der Waals surface area contributed by atoms with Gasteiger partial charge in [-0.05, 0) is 0 Å². The van der Waals surface area contributed by atoms with E-state index in [1.165, 1.54) is 0 Å². The average Bonchev–Trinajstić information content (AvgIpc) is 2.48. The standard InChI is InChI=1S/C11H14N2O8/c14-4-6-8(15)9(16)10(17)11(20-6)21-7-3-5(13(18)19)1-2-12-7/h1-3,6,8-11,14-17H,4H2/t6-,8-,9+,10-,11+/m1/s1. The van der Waals surface area contributed by atoms with Crippen molar-refractivity contribution in [3.63, 3.8) is 0 Å². The number of aliphatic hydroxyl groups is 4. The fourth-order valence-electron chi connectivity index (χ4n) is 1.86. The molecule has 0 saturated carbocycles. The fourth-order valence-corrected chi connectivity index (χ4v) is 1.86. The third kappa shape index (κ3) is 3.25. The number of nitro groups is 1. The molecule has 1 fully saturated rings. The third-order valence-corrected chi connectivity index (χ3v) is 3.01. The van der Waals surface area contributed by atoms with Crippen LogP contribution < -0.4 is 4.74 Å². The molecule has 5 atom stereocenters. The second-order valence-corrected chi connectivity index (χ2v) is 4.42. The predicted molar refractivity (Wildman–Crippen MR) is 65.3 cm³/mol. The minimum Gasteiger partial charge on any atom is -0.445 e. The Morgan fingerprint density at radius 2 is 2.05 bits per heavy atom. The molecule has 0 spiro atoms. The minimum absolute atomic E-state index is 0.200. The first-order valence-corrected chi connectivity index (χ1v) is 6.01. The van der Waals surface area contributed by atoms with Gasteiger partial charge in [-0.25, -0.2) is 4.98 Å². The molecule has 1 aromatic heterocycles. The van der Waals surface area contributed by atoms with E-state index < -0.39 is 42.2 Å². The fraction of sp³-hybridized carbons (Fsp3) is 0.545. The van der Waals surface area contributed by atoms with E-state index in [0.717, 1.165) is 18.3 Å². The predicted octanol–water partition coefficient (Wildman–Crippen LogP) is -1.83. The zero-order chi connectivity index (χ0) is 15.6. The summed E-state index contributed by atoms with van der Waals surface area (Å²) in [5.74, 6) is -0.200. The van der Waals surface area contributed by atoms with E-state index in [1.54, 1.807) is 0 Å². The van der Waals surface area contributed by atoms with Crippen molar-refractivity contribution < 1.29 is 34.8 Å². The van der Waals surface area contributed by atoms with Gasteiger partial charge in [0.05, 0.1) is 17.6 Å². The van der Waals surface area contributed by atoms with Crippen LogP contribution in [0.2, 0.25) is 0 Å². The lowest BCUT2D eigenvalue weighted by molar-refractivity contribution is -0.385. The van der Waals surface area contributed by atoms with E-state index in [1.807, 2.05) is 0 Å². The number of aliphatic hydroxyl groups excluding tert-OH is 4. The van der Waals surface area contributed by atoms with Crippen molar-refractivity contribution in [1.29, 1.82) is 0 Å². The summed E-state index contributed by atoms with van der Waals surface area (Å²) < 4.78 is 10.2. The lowest BCUT2D eigenvalue weighted by atomic mass is 9.99. The second-order valence-electron chi connectivity index (χ2n) is 4.42. The molecule has 0 aliphatic carbocycles. The van der Waals surface area contributed by atoms with E-state index in [4.69, 9.17) is 14.6 Å². The van der Waals surface area contributed by atoms with Crippen molar-refractivity contribution in [1.82, 2.24) is 4.98 Å². The van der Waals surface area contributed by atoms with Crippen molar-refractivity contribution in [2.24, 2.45) is 0 Å². The second kappa shape index (κ2) is 6.28. The molecular formula is C11H14N2O8. The molecule has 21 heavy (non-hydrogen) atoms. The zero-order valence-electron chi connectivity index (χ0n) is 10.6. The number of aromatic nitrogens is 1. The van der Waals surface area contributed by atoms with E-state index in [-0.39, 0.29) is 11.6 Å². The van der Waals surface area contributed by atoms with E-state index in [2.05, 4.69) is 4.98 Å². The molecule has 2 heterocycles. The first kappa shape index (κ1) is 15.5. The molecule has 4 N–H and O–H groups in total. The SMILES string of the molecule is O=[N+]([O-])c1ccnc(O[C@@H]2O[C@H](CO)[C@@H](O)[C@H](O)[C@H]2O)c1. The van der Waals surface area contributed by atoms with Gasteiger partial charge in [-0.15, -0.1) is 0 Å². The monoisotopic (exact) mass is 302 g/mol. The highest BCUT2D eigenvalue weighted by Crippen LogP contribution is 2.24. The van der Waals surface area contributed by atoms with E-state index in [9.17, 15) is 25.4 Å². The Balaban J connectivity index is 2.14. The molecule has 2 rings (SSSR count). The molecule has 1 aliphatic rings. The Morgan fingerprint density at radius 3 is 2.67 bits per heavy atom. The molecule has 0 amide bonds. The molecule has 0 bridgehead atoms. The Bertz CT molecular complexity index is 511. The summed E-state index contributed by atoms with van der Waals surface area (Å²) in [5, 5.41) is 48.6. The first-order chi connectivity index (χ1) is 9.93. The minimum atomic E-state index is -1.61. The number of hydrogen-bond donors (Lipinski definition) is 4. The lowest BCUT2D eigenvalue weighted by Gasteiger charge is -2.39. The molecule has 0 aromatic carbocycles. The molecule has 1 saturated heterocycles. The summed E-state index contributed by atoms with van der Waals surface area (Å²) in [6, 6.07) is 2.17. The van der Waals surface area contributed by atoms with Crippen molar-refractivity contribution in [2.75, 3.05) is 6.61 Å². The van der Waals surface area contributed by atoms with Crippen LogP contribution >= 0.6 is 0 Å². The molecule has 1 aliphatic heterocycles. The number of hydrogen-bond acceptors (Lipinski definition) is 9. The molecule has 116 valence electrons. The maximum absolute atomic E-state index is 10.6. The number of pyridine rings is 1. The van der Waals surface area contributed by atoms with Gasteiger partial charge < -0.3 is 29.9 Å². The van der Waals surface area contributed by atoms with Crippen LogP contribution in [0.15, 0.2) is 18.3 Å². The zero-order valence-corrected chi connectivity index (χ0v) is 10.6. The topological polar surface area (TPSA) is 155 Å². The summed E-state index contributed by atoms with van der Waals surface area (Å²) in [6.07, 6.45) is -6.15. The quantitative estimate of drug-likeness (QED) is 0.371.